The van der Waals surface area contributed by atoms with Gasteiger partial charge in [-0.1, -0.05) is 18.2 Å². The van der Waals surface area contributed by atoms with Crippen molar-refractivity contribution < 1.29 is 14.6 Å². The minimum Gasteiger partial charge on any atom is -0.507 e. The molecule has 2 aromatic rings. The predicted molar refractivity (Wildman–Crippen MR) is 89.3 cm³/mol. The summed E-state index contributed by atoms with van der Waals surface area (Å²) in [5.74, 6) is 0.156. The van der Waals surface area contributed by atoms with Crippen molar-refractivity contribution in [2.75, 3.05) is 18.5 Å². The van der Waals surface area contributed by atoms with E-state index in [1.165, 1.54) is 0 Å². The number of amides is 1. The lowest BCUT2D eigenvalue weighted by atomic mass is 10.0. The van der Waals surface area contributed by atoms with Crippen LogP contribution in [0.4, 0.5) is 5.69 Å². The summed E-state index contributed by atoms with van der Waals surface area (Å²) in [4.78, 5) is 16.9. The Hall–Kier alpha value is -2.82. The van der Waals surface area contributed by atoms with Crippen LogP contribution in [0.25, 0.3) is 0 Å². The van der Waals surface area contributed by atoms with Gasteiger partial charge in [0.1, 0.15) is 12.4 Å². The molecule has 0 radical (unpaired) electrons. The van der Waals surface area contributed by atoms with E-state index in [9.17, 15) is 9.90 Å². The molecule has 1 amide bonds. The number of carbonyl (C=O) groups excluding carboxylic acids is 1. The first kappa shape index (κ1) is 15.1. The Morgan fingerprint density at radius 2 is 2.04 bits per heavy atom. The van der Waals surface area contributed by atoms with E-state index in [1.54, 1.807) is 19.1 Å². The van der Waals surface area contributed by atoms with Crippen LogP contribution in [0.5, 0.6) is 5.75 Å². The van der Waals surface area contributed by atoms with Crippen LogP contribution in [-0.2, 0) is 4.74 Å². The standard InChI is InChI=1S/C18H18N2O3/c1-11-9-12(2)16(15(21)10-11)17(22)20-14-6-4-3-5-13(14)18-19-7-8-23-18/h3-6,9-10,21H,7-8H2,1-2H3,(H,20,22). The van der Waals surface area contributed by atoms with Crippen LogP contribution in [0, 0.1) is 13.8 Å². The molecule has 0 aliphatic carbocycles. The van der Waals surface area contributed by atoms with Crippen molar-refractivity contribution >= 4 is 17.5 Å². The fraction of sp³-hybridized carbons (Fsp3) is 0.222. The van der Waals surface area contributed by atoms with E-state index in [-0.39, 0.29) is 17.2 Å². The molecule has 5 nitrogen and oxygen atoms in total. The number of aliphatic imine (C=N–C) groups is 1. The van der Waals surface area contributed by atoms with Gasteiger partial charge in [-0.3, -0.25) is 4.79 Å². The number of aryl methyl sites for hydroxylation is 2. The normalized spacial score (nSPS) is 13.4. The average Bonchev–Trinajstić information content (AvgIpc) is 3.00. The Kier molecular flexibility index (Phi) is 4.02. The Bertz CT molecular complexity index is 774. The quantitative estimate of drug-likeness (QED) is 0.915. The first-order valence-electron chi connectivity index (χ1n) is 7.44. The second-order valence-corrected chi connectivity index (χ2v) is 5.51. The van der Waals surface area contributed by atoms with Gasteiger partial charge in [0.2, 0.25) is 5.90 Å². The van der Waals surface area contributed by atoms with E-state index >= 15 is 0 Å². The molecule has 1 heterocycles. The van der Waals surface area contributed by atoms with Crippen LogP contribution < -0.4 is 5.32 Å². The van der Waals surface area contributed by atoms with Gasteiger partial charge in [-0.05, 0) is 43.2 Å². The molecule has 2 aromatic carbocycles. The Labute approximate surface area is 134 Å². The number of nitrogens with zero attached hydrogens (tertiary/aromatic N) is 1. The average molecular weight is 310 g/mol. The SMILES string of the molecule is Cc1cc(C)c(C(=O)Nc2ccccc2C2=NCCO2)c(O)c1. The molecule has 3 rings (SSSR count). The fourth-order valence-corrected chi connectivity index (χ4v) is 2.70. The highest BCUT2D eigenvalue weighted by Gasteiger charge is 2.19. The van der Waals surface area contributed by atoms with Gasteiger partial charge in [-0.15, -0.1) is 0 Å². The van der Waals surface area contributed by atoms with Gasteiger partial charge in [0, 0.05) is 0 Å². The summed E-state index contributed by atoms with van der Waals surface area (Å²) in [5, 5.41) is 12.9. The first-order chi connectivity index (χ1) is 11.1. The highest BCUT2D eigenvalue weighted by Crippen LogP contribution is 2.25. The molecule has 0 saturated carbocycles. The van der Waals surface area contributed by atoms with Crippen molar-refractivity contribution in [3.8, 4) is 5.75 Å². The Morgan fingerprint density at radius 3 is 2.74 bits per heavy atom. The van der Waals surface area contributed by atoms with Crippen LogP contribution >= 0.6 is 0 Å². The largest absolute Gasteiger partial charge is 0.507 e. The lowest BCUT2D eigenvalue weighted by Gasteiger charge is -2.13. The van der Waals surface area contributed by atoms with Gasteiger partial charge in [0.15, 0.2) is 0 Å². The number of hydrogen-bond donors (Lipinski definition) is 2. The minimum atomic E-state index is -0.356. The fourth-order valence-electron chi connectivity index (χ4n) is 2.70. The zero-order valence-corrected chi connectivity index (χ0v) is 13.1. The van der Waals surface area contributed by atoms with E-state index in [1.807, 2.05) is 31.2 Å². The Balaban J connectivity index is 1.93. The molecule has 0 spiro atoms. The molecule has 23 heavy (non-hydrogen) atoms. The van der Waals surface area contributed by atoms with Crippen LogP contribution in [0.15, 0.2) is 41.4 Å². The molecule has 0 unspecified atom stereocenters. The van der Waals surface area contributed by atoms with Crippen molar-refractivity contribution in [2.45, 2.75) is 13.8 Å². The van der Waals surface area contributed by atoms with Crippen LogP contribution in [-0.4, -0.2) is 30.1 Å². The number of para-hydroxylation sites is 1. The lowest BCUT2D eigenvalue weighted by Crippen LogP contribution is -2.16. The van der Waals surface area contributed by atoms with Gasteiger partial charge >= 0.3 is 0 Å². The van der Waals surface area contributed by atoms with E-state index in [2.05, 4.69) is 10.3 Å². The summed E-state index contributed by atoms with van der Waals surface area (Å²) in [6.45, 7) is 4.85. The maximum Gasteiger partial charge on any atom is 0.259 e. The third kappa shape index (κ3) is 3.04. The van der Waals surface area contributed by atoms with Crippen molar-refractivity contribution in [3.05, 3.63) is 58.7 Å². The van der Waals surface area contributed by atoms with Crippen LogP contribution in [0.2, 0.25) is 0 Å². The third-order valence-corrected chi connectivity index (χ3v) is 3.68. The summed E-state index contributed by atoms with van der Waals surface area (Å²) < 4.78 is 5.48. The van der Waals surface area contributed by atoms with E-state index < -0.39 is 0 Å². The van der Waals surface area contributed by atoms with E-state index in [0.29, 0.717) is 24.7 Å². The molecular weight excluding hydrogens is 292 g/mol. The lowest BCUT2D eigenvalue weighted by molar-refractivity contribution is 0.102. The number of aromatic hydroxyl groups is 1. The number of phenolic OH excluding ortho intramolecular Hbond substituents is 1. The summed E-state index contributed by atoms with van der Waals surface area (Å²) >= 11 is 0. The number of phenols is 1. The van der Waals surface area contributed by atoms with Gasteiger partial charge in [0.25, 0.3) is 5.91 Å². The molecule has 0 saturated heterocycles. The highest BCUT2D eigenvalue weighted by molar-refractivity contribution is 6.11. The molecule has 1 aliphatic heterocycles. The summed E-state index contributed by atoms with van der Waals surface area (Å²) in [6.07, 6.45) is 0. The maximum absolute atomic E-state index is 12.6. The Morgan fingerprint density at radius 1 is 1.26 bits per heavy atom. The molecule has 5 heteroatoms. The molecule has 0 aromatic heterocycles. The van der Waals surface area contributed by atoms with Gasteiger partial charge in [-0.25, -0.2) is 4.99 Å². The van der Waals surface area contributed by atoms with Gasteiger partial charge in [0.05, 0.1) is 23.4 Å². The second-order valence-electron chi connectivity index (χ2n) is 5.51. The molecule has 118 valence electrons. The summed E-state index contributed by atoms with van der Waals surface area (Å²) in [6, 6.07) is 10.8. The predicted octanol–water partition coefficient (Wildman–Crippen LogP) is 3.04. The number of hydrogen-bond acceptors (Lipinski definition) is 4. The van der Waals surface area contributed by atoms with Crippen molar-refractivity contribution in [3.63, 3.8) is 0 Å². The number of benzene rings is 2. The smallest absolute Gasteiger partial charge is 0.259 e. The number of ether oxygens (including phenoxy) is 1. The number of anilines is 1. The molecule has 2 N–H and O–H groups in total. The molecule has 0 bridgehead atoms. The van der Waals surface area contributed by atoms with E-state index in [4.69, 9.17) is 4.74 Å². The van der Waals surface area contributed by atoms with Crippen molar-refractivity contribution in [1.29, 1.82) is 0 Å². The van der Waals surface area contributed by atoms with Gasteiger partial charge < -0.3 is 15.2 Å². The monoisotopic (exact) mass is 310 g/mol. The highest BCUT2D eigenvalue weighted by atomic mass is 16.5. The first-order valence-corrected chi connectivity index (χ1v) is 7.44. The van der Waals surface area contributed by atoms with Gasteiger partial charge in [-0.2, -0.15) is 0 Å². The maximum atomic E-state index is 12.6. The number of rotatable bonds is 3. The zero-order chi connectivity index (χ0) is 16.4. The van der Waals surface area contributed by atoms with Crippen LogP contribution in [0.1, 0.15) is 27.0 Å². The third-order valence-electron chi connectivity index (χ3n) is 3.68. The summed E-state index contributed by atoms with van der Waals surface area (Å²) in [7, 11) is 0. The number of carbonyl (C=O) groups is 1. The summed E-state index contributed by atoms with van der Waals surface area (Å²) in [5.41, 5.74) is 3.26. The molecule has 0 fully saturated rings. The van der Waals surface area contributed by atoms with Crippen LogP contribution in [0.3, 0.4) is 0 Å². The van der Waals surface area contributed by atoms with E-state index in [0.717, 1.165) is 16.7 Å². The molecule has 1 aliphatic rings. The topological polar surface area (TPSA) is 70.9 Å². The number of nitrogens with one attached hydrogen (secondary N) is 1. The van der Waals surface area contributed by atoms with Crippen molar-refractivity contribution in [2.24, 2.45) is 4.99 Å². The zero-order valence-electron chi connectivity index (χ0n) is 13.1. The van der Waals surface area contributed by atoms with Crippen molar-refractivity contribution in [1.82, 2.24) is 0 Å². The second kappa shape index (κ2) is 6.12. The minimum absolute atomic E-state index is 0.0214. The molecule has 0 atom stereocenters. The molecular formula is C18H18N2O3.